The summed E-state index contributed by atoms with van der Waals surface area (Å²) in [5.74, 6) is 0.292. The Morgan fingerprint density at radius 3 is 2.56 bits per heavy atom. The van der Waals surface area contributed by atoms with E-state index in [1.807, 2.05) is 54.2 Å². The predicted octanol–water partition coefficient (Wildman–Crippen LogP) is 7.50. The molecule has 0 spiro atoms. The lowest BCUT2D eigenvalue weighted by Crippen LogP contribution is -2.36. The van der Waals surface area contributed by atoms with Crippen LogP contribution in [0.15, 0.2) is 83.8 Å². The summed E-state index contributed by atoms with van der Waals surface area (Å²) in [5, 5.41) is 14.4. The fraction of sp³-hybridized carbons (Fsp3) is 0.395. The number of rotatable bonds is 14. The Kier molecular flexibility index (Phi) is 10.6. The Balaban J connectivity index is 1.19. The van der Waals surface area contributed by atoms with Gasteiger partial charge in [-0.25, -0.2) is 14.6 Å². The van der Waals surface area contributed by atoms with Crippen molar-refractivity contribution in [1.29, 1.82) is 0 Å². The Morgan fingerprint density at radius 2 is 1.81 bits per heavy atom. The van der Waals surface area contributed by atoms with Gasteiger partial charge < -0.3 is 9.47 Å². The number of carbonyl (C=O) groups is 1. The summed E-state index contributed by atoms with van der Waals surface area (Å²) in [6, 6.07) is 24.1. The topological polar surface area (TPSA) is 117 Å². The van der Waals surface area contributed by atoms with Crippen molar-refractivity contribution in [2.24, 2.45) is 0 Å². The van der Waals surface area contributed by atoms with E-state index in [2.05, 4.69) is 69.5 Å². The molecule has 3 unspecified atom stereocenters. The van der Waals surface area contributed by atoms with Gasteiger partial charge in [-0.1, -0.05) is 86.8 Å². The first kappa shape index (κ1) is 33.1. The van der Waals surface area contributed by atoms with Crippen LogP contribution in [0.4, 0.5) is 0 Å². The molecule has 0 bridgehead atoms. The van der Waals surface area contributed by atoms with Crippen LogP contribution in [-0.4, -0.2) is 49.2 Å². The number of carbonyl (C=O) groups excluding carboxylic acids is 1. The van der Waals surface area contributed by atoms with Crippen molar-refractivity contribution in [2.75, 3.05) is 13.2 Å². The van der Waals surface area contributed by atoms with Gasteiger partial charge in [-0.15, -0.1) is 5.10 Å². The highest BCUT2D eigenvalue weighted by molar-refractivity contribution is 5.89. The zero-order chi connectivity index (χ0) is 33.5. The number of tetrazole rings is 1. The lowest BCUT2D eigenvalue weighted by molar-refractivity contribution is 0.00854. The number of ether oxygens (including phenoxy) is 2. The average molecular weight is 649 g/mol. The van der Waals surface area contributed by atoms with E-state index in [1.165, 1.54) is 0 Å². The number of hydrogen-bond acceptors (Lipinski definition) is 7. The van der Waals surface area contributed by atoms with E-state index in [-0.39, 0.29) is 29.7 Å². The summed E-state index contributed by atoms with van der Waals surface area (Å²) in [5.41, 5.74) is 6.37. The third kappa shape index (κ3) is 7.33. The second kappa shape index (κ2) is 15.4. The molecule has 5 aromatic rings. The molecule has 1 aliphatic heterocycles. The van der Waals surface area contributed by atoms with Gasteiger partial charge in [0.05, 0.1) is 30.9 Å². The third-order valence-electron chi connectivity index (χ3n) is 9.25. The minimum Gasteiger partial charge on any atom is -0.462 e. The van der Waals surface area contributed by atoms with Gasteiger partial charge in [0.15, 0.2) is 5.82 Å². The zero-order valence-electron chi connectivity index (χ0n) is 28.0. The summed E-state index contributed by atoms with van der Waals surface area (Å²) in [6.45, 7) is 6.92. The van der Waals surface area contributed by atoms with Crippen molar-refractivity contribution in [3.63, 3.8) is 0 Å². The average Bonchev–Trinajstić information content (AvgIpc) is 3.77. The summed E-state index contributed by atoms with van der Waals surface area (Å²) in [4.78, 5) is 26.4. The number of benzene rings is 3. The minimum absolute atomic E-state index is 0.0363. The molecule has 3 atom stereocenters. The van der Waals surface area contributed by atoms with Crippen LogP contribution in [0.25, 0.3) is 22.5 Å². The van der Waals surface area contributed by atoms with E-state index in [0.29, 0.717) is 31.0 Å². The first-order chi connectivity index (χ1) is 23.5. The van der Waals surface area contributed by atoms with Gasteiger partial charge in [0.2, 0.25) is 0 Å². The van der Waals surface area contributed by atoms with Crippen LogP contribution in [0.3, 0.4) is 0 Å². The summed E-state index contributed by atoms with van der Waals surface area (Å²) in [6.07, 6.45) is 8.32. The lowest BCUT2D eigenvalue weighted by Gasteiger charge is -2.32. The Morgan fingerprint density at radius 1 is 1.00 bits per heavy atom. The molecule has 250 valence electrons. The molecule has 0 aliphatic carbocycles. The van der Waals surface area contributed by atoms with Gasteiger partial charge >= 0.3 is 5.97 Å². The van der Waals surface area contributed by atoms with E-state index >= 15 is 0 Å². The number of hydrogen-bond donors (Lipinski definition) is 1. The number of nitrogens with one attached hydrogen (secondary N) is 1. The van der Waals surface area contributed by atoms with Crippen LogP contribution < -0.4 is 5.56 Å². The molecule has 0 amide bonds. The van der Waals surface area contributed by atoms with E-state index < -0.39 is 0 Å². The van der Waals surface area contributed by atoms with Crippen LogP contribution >= 0.6 is 0 Å². The van der Waals surface area contributed by atoms with Crippen molar-refractivity contribution in [3.05, 3.63) is 112 Å². The SMILES string of the molecule is CCCCCC(OCC1CCC(C)n2cc(Cc3ccc(-c4ccccc4-c4nnn[nH]4)cc3)c(=O)n21)c1cccc(C(=O)OCC)c1. The normalized spacial score (nSPS) is 16.4. The summed E-state index contributed by atoms with van der Waals surface area (Å²) >= 11 is 0. The van der Waals surface area contributed by atoms with Gasteiger partial charge in [0.1, 0.15) is 0 Å². The van der Waals surface area contributed by atoms with Crippen molar-refractivity contribution >= 4 is 5.97 Å². The van der Waals surface area contributed by atoms with Gasteiger partial charge in [-0.3, -0.25) is 9.48 Å². The molecule has 3 aromatic carbocycles. The van der Waals surface area contributed by atoms with Crippen molar-refractivity contribution in [2.45, 2.75) is 83.9 Å². The van der Waals surface area contributed by atoms with E-state index in [0.717, 1.165) is 71.9 Å². The molecule has 1 aliphatic rings. The Hall–Kier alpha value is -4.83. The first-order valence-electron chi connectivity index (χ1n) is 17.1. The van der Waals surface area contributed by atoms with Crippen LogP contribution in [-0.2, 0) is 15.9 Å². The molecule has 10 nitrogen and oxygen atoms in total. The molecule has 0 saturated carbocycles. The monoisotopic (exact) mass is 648 g/mol. The summed E-state index contributed by atoms with van der Waals surface area (Å²) < 4.78 is 15.9. The number of H-pyrrole nitrogens is 1. The van der Waals surface area contributed by atoms with Gasteiger partial charge in [0, 0.05) is 29.8 Å². The fourth-order valence-electron chi connectivity index (χ4n) is 6.66. The Labute approximate surface area is 281 Å². The second-order valence-electron chi connectivity index (χ2n) is 12.6. The molecule has 0 saturated heterocycles. The minimum atomic E-state index is -0.326. The molecule has 0 radical (unpaired) electrons. The highest BCUT2D eigenvalue weighted by Gasteiger charge is 2.29. The smallest absolute Gasteiger partial charge is 0.338 e. The number of aromatic nitrogens is 6. The third-order valence-corrected chi connectivity index (χ3v) is 9.25. The number of nitrogens with zero attached hydrogens (tertiary/aromatic N) is 5. The van der Waals surface area contributed by atoms with Crippen LogP contribution in [0.2, 0.25) is 0 Å². The van der Waals surface area contributed by atoms with Gasteiger partial charge in [-0.2, -0.15) is 0 Å². The molecular formula is C38H44N6O4. The van der Waals surface area contributed by atoms with Crippen LogP contribution in [0.5, 0.6) is 0 Å². The molecule has 6 rings (SSSR count). The molecule has 10 heteroatoms. The maximum Gasteiger partial charge on any atom is 0.338 e. The van der Waals surface area contributed by atoms with Gasteiger partial charge in [-0.05, 0) is 77.9 Å². The van der Waals surface area contributed by atoms with E-state index in [9.17, 15) is 9.59 Å². The molecule has 48 heavy (non-hydrogen) atoms. The highest BCUT2D eigenvalue weighted by atomic mass is 16.5. The van der Waals surface area contributed by atoms with Gasteiger partial charge in [0.25, 0.3) is 5.56 Å². The quantitative estimate of drug-likeness (QED) is 0.0979. The number of unbranched alkanes of at least 4 members (excludes halogenated alkanes) is 2. The van der Waals surface area contributed by atoms with E-state index in [4.69, 9.17) is 9.47 Å². The molecule has 0 fully saturated rings. The molecule has 3 heterocycles. The van der Waals surface area contributed by atoms with Crippen LogP contribution in [0, 0.1) is 0 Å². The molecular weight excluding hydrogens is 604 g/mol. The summed E-state index contributed by atoms with van der Waals surface area (Å²) in [7, 11) is 0. The number of fused-ring (bicyclic) bond motifs is 1. The molecule has 2 aromatic heterocycles. The van der Waals surface area contributed by atoms with Crippen molar-refractivity contribution in [1.82, 2.24) is 30.0 Å². The first-order valence-corrected chi connectivity index (χ1v) is 17.1. The molecule has 1 N–H and O–H groups in total. The van der Waals surface area contributed by atoms with Crippen molar-refractivity contribution < 1.29 is 14.3 Å². The lowest BCUT2D eigenvalue weighted by atomic mass is 9.97. The number of aromatic amines is 1. The highest BCUT2D eigenvalue weighted by Crippen LogP contribution is 2.33. The standard InChI is InChI=1S/C38H44N6O4/c1-4-6-7-15-35(29-11-10-12-30(23-29)38(46)47-5-2)48-25-32-21-16-26(3)43-24-31(37(45)44(32)43)22-27-17-19-28(20-18-27)33-13-8-9-14-34(33)36-39-41-42-40-36/h8-14,17-20,23-24,26,32,35H,4-7,15-16,21-22,25H2,1-3H3,(H,39,40,41,42). The van der Waals surface area contributed by atoms with Crippen LogP contribution in [0.1, 0.15) is 105 Å². The maximum atomic E-state index is 14.0. The second-order valence-corrected chi connectivity index (χ2v) is 12.6. The zero-order valence-corrected chi connectivity index (χ0v) is 28.0. The maximum absolute atomic E-state index is 14.0. The fourth-order valence-corrected chi connectivity index (χ4v) is 6.66. The largest absolute Gasteiger partial charge is 0.462 e. The predicted molar refractivity (Wildman–Crippen MR) is 185 cm³/mol. The number of esters is 1. The Bertz CT molecular complexity index is 1860. The van der Waals surface area contributed by atoms with Crippen molar-refractivity contribution in [3.8, 4) is 22.5 Å². The van der Waals surface area contributed by atoms with E-state index in [1.54, 1.807) is 6.07 Å².